The lowest BCUT2D eigenvalue weighted by molar-refractivity contribution is -0.135. The third kappa shape index (κ3) is 5.11. The summed E-state index contributed by atoms with van der Waals surface area (Å²) in [5.41, 5.74) is 2.68. The summed E-state index contributed by atoms with van der Waals surface area (Å²) in [5, 5.41) is 0.529. The molecule has 2 heterocycles. The van der Waals surface area contributed by atoms with Crippen LogP contribution in [-0.2, 0) is 16.1 Å². The number of nitrogens with one attached hydrogen (secondary N) is 1. The van der Waals surface area contributed by atoms with Crippen molar-refractivity contribution >= 4 is 16.8 Å². The maximum atomic E-state index is 13.0. The molecule has 0 spiro atoms. The van der Waals surface area contributed by atoms with Crippen molar-refractivity contribution in [2.45, 2.75) is 39.3 Å². The van der Waals surface area contributed by atoms with E-state index in [4.69, 9.17) is 9.47 Å². The van der Waals surface area contributed by atoms with Gasteiger partial charge in [-0.3, -0.25) is 9.59 Å². The van der Waals surface area contributed by atoms with Gasteiger partial charge in [0.05, 0.1) is 23.6 Å². The Morgan fingerprint density at radius 3 is 2.84 bits per heavy atom. The molecule has 2 aromatic carbocycles. The Kier molecular flexibility index (Phi) is 6.32. The van der Waals surface area contributed by atoms with Gasteiger partial charge in [0.2, 0.25) is 0 Å². The zero-order chi connectivity index (χ0) is 21.8. The summed E-state index contributed by atoms with van der Waals surface area (Å²) in [6, 6.07) is 12.9. The van der Waals surface area contributed by atoms with Crippen LogP contribution in [0.25, 0.3) is 10.9 Å². The molecule has 4 rings (SSSR count). The number of H-pyrrole nitrogens is 1. The Morgan fingerprint density at radius 2 is 2.06 bits per heavy atom. The van der Waals surface area contributed by atoms with E-state index in [1.807, 2.05) is 38.1 Å². The van der Waals surface area contributed by atoms with E-state index in [0.29, 0.717) is 35.6 Å². The number of aryl methyl sites for hydroxylation is 2. The number of benzene rings is 2. The van der Waals surface area contributed by atoms with Crippen molar-refractivity contribution in [2.75, 3.05) is 19.8 Å². The number of aromatic nitrogens is 2. The summed E-state index contributed by atoms with van der Waals surface area (Å²) >= 11 is 0. The predicted octanol–water partition coefficient (Wildman–Crippen LogP) is 3.13. The van der Waals surface area contributed by atoms with Crippen LogP contribution in [0, 0.1) is 13.8 Å². The average Bonchev–Trinajstić information content (AvgIpc) is 3.27. The Bertz CT molecular complexity index is 1140. The first-order chi connectivity index (χ1) is 15.0. The first-order valence-corrected chi connectivity index (χ1v) is 10.6. The van der Waals surface area contributed by atoms with Crippen LogP contribution < -0.4 is 10.3 Å². The van der Waals surface area contributed by atoms with Gasteiger partial charge in [-0.2, -0.15) is 0 Å². The van der Waals surface area contributed by atoms with Gasteiger partial charge in [0.25, 0.3) is 11.5 Å². The van der Waals surface area contributed by atoms with Gasteiger partial charge in [-0.15, -0.1) is 0 Å². The number of aromatic amines is 1. The van der Waals surface area contributed by atoms with Crippen LogP contribution in [-0.4, -0.2) is 46.6 Å². The number of carbonyl (C=O) groups is 1. The largest absolute Gasteiger partial charge is 0.484 e. The van der Waals surface area contributed by atoms with Crippen LogP contribution in [0.3, 0.4) is 0 Å². The maximum absolute atomic E-state index is 13.0. The zero-order valence-corrected chi connectivity index (χ0v) is 17.9. The second-order valence-corrected chi connectivity index (χ2v) is 7.97. The van der Waals surface area contributed by atoms with Gasteiger partial charge in [0.1, 0.15) is 11.6 Å². The molecule has 0 radical (unpaired) electrons. The van der Waals surface area contributed by atoms with E-state index in [1.54, 1.807) is 23.1 Å². The molecule has 1 aromatic heterocycles. The normalized spacial score (nSPS) is 15.9. The standard InChI is InChI=1S/C24H27N3O4/c1-16-9-10-18(12-17(16)2)31-15-23(28)27(13-19-6-5-11-30-19)14-22-25-21-8-4-3-7-20(21)24(29)26-22/h3-4,7-10,12,19H,5-6,11,13-15H2,1-2H3,(H,25,26,29)/t19-/m0/s1. The van der Waals surface area contributed by atoms with Crippen molar-refractivity contribution in [1.82, 2.24) is 14.9 Å². The predicted molar refractivity (Wildman–Crippen MR) is 118 cm³/mol. The van der Waals surface area contributed by atoms with Crippen LogP contribution in [0.15, 0.2) is 47.3 Å². The monoisotopic (exact) mass is 421 g/mol. The first kappa shape index (κ1) is 21.1. The zero-order valence-electron chi connectivity index (χ0n) is 17.9. The van der Waals surface area contributed by atoms with E-state index in [0.717, 1.165) is 18.4 Å². The van der Waals surface area contributed by atoms with E-state index < -0.39 is 0 Å². The molecule has 1 N–H and O–H groups in total. The summed E-state index contributed by atoms with van der Waals surface area (Å²) in [6.07, 6.45) is 1.87. The van der Waals surface area contributed by atoms with Crippen molar-refractivity contribution < 1.29 is 14.3 Å². The third-order valence-electron chi connectivity index (χ3n) is 5.64. The summed E-state index contributed by atoms with van der Waals surface area (Å²) < 4.78 is 11.5. The molecule has 0 unspecified atom stereocenters. The number of carbonyl (C=O) groups excluding carboxylic acids is 1. The van der Waals surface area contributed by atoms with Crippen LogP contribution in [0.2, 0.25) is 0 Å². The minimum atomic E-state index is -0.212. The van der Waals surface area contributed by atoms with Gasteiger partial charge in [-0.1, -0.05) is 18.2 Å². The number of amides is 1. The highest BCUT2D eigenvalue weighted by Crippen LogP contribution is 2.18. The van der Waals surface area contributed by atoms with Crippen LogP contribution in [0.1, 0.15) is 29.8 Å². The highest BCUT2D eigenvalue weighted by Gasteiger charge is 2.24. The molecule has 31 heavy (non-hydrogen) atoms. The Morgan fingerprint density at radius 1 is 1.23 bits per heavy atom. The molecule has 0 aliphatic carbocycles. The summed E-state index contributed by atoms with van der Waals surface area (Å²) in [5.74, 6) is 0.927. The maximum Gasteiger partial charge on any atom is 0.261 e. The molecule has 162 valence electrons. The van der Waals surface area contributed by atoms with E-state index in [1.165, 1.54) is 5.56 Å². The molecule has 1 aliphatic rings. The average molecular weight is 421 g/mol. The molecular formula is C24H27N3O4. The first-order valence-electron chi connectivity index (χ1n) is 10.6. The molecule has 1 saturated heterocycles. The number of ether oxygens (including phenoxy) is 2. The molecule has 3 aromatic rings. The second kappa shape index (κ2) is 9.31. The van der Waals surface area contributed by atoms with Crippen LogP contribution >= 0.6 is 0 Å². The lowest BCUT2D eigenvalue weighted by Gasteiger charge is -2.25. The van der Waals surface area contributed by atoms with Crippen LogP contribution in [0.5, 0.6) is 5.75 Å². The lowest BCUT2D eigenvalue weighted by Crippen LogP contribution is -2.40. The fourth-order valence-electron chi connectivity index (χ4n) is 3.72. The topological polar surface area (TPSA) is 84.5 Å². The Labute approximate surface area is 181 Å². The van der Waals surface area contributed by atoms with E-state index >= 15 is 0 Å². The Balaban J connectivity index is 1.51. The van der Waals surface area contributed by atoms with Crippen molar-refractivity contribution in [1.29, 1.82) is 0 Å². The van der Waals surface area contributed by atoms with Gasteiger partial charge in [-0.25, -0.2) is 4.98 Å². The highest BCUT2D eigenvalue weighted by molar-refractivity contribution is 5.78. The molecule has 1 amide bonds. The van der Waals surface area contributed by atoms with Crippen molar-refractivity contribution in [3.63, 3.8) is 0 Å². The van der Waals surface area contributed by atoms with Crippen molar-refractivity contribution in [3.05, 3.63) is 69.8 Å². The van der Waals surface area contributed by atoms with Crippen molar-refractivity contribution in [3.8, 4) is 5.75 Å². The molecule has 0 saturated carbocycles. The molecule has 0 bridgehead atoms. The van der Waals surface area contributed by atoms with E-state index in [9.17, 15) is 9.59 Å². The van der Waals surface area contributed by atoms with Crippen molar-refractivity contribution in [2.24, 2.45) is 0 Å². The number of nitrogens with zero attached hydrogens (tertiary/aromatic N) is 2. The van der Waals surface area contributed by atoms with Crippen LogP contribution in [0.4, 0.5) is 0 Å². The number of fused-ring (bicyclic) bond motifs is 1. The molecule has 1 aliphatic heterocycles. The van der Waals surface area contributed by atoms with Gasteiger partial charge in [-0.05, 0) is 62.1 Å². The molecule has 1 fully saturated rings. The van der Waals surface area contributed by atoms with Gasteiger partial charge in [0, 0.05) is 13.2 Å². The number of hydrogen-bond donors (Lipinski definition) is 1. The van der Waals surface area contributed by atoms with Gasteiger partial charge in [0.15, 0.2) is 6.61 Å². The molecule has 1 atom stereocenters. The highest BCUT2D eigenvalue weighted by atomic mass is 16.5. The Hall–Kier alpha value is -3.19. The number of para-hydroxylation sites is 1. The smallest absolute Gasteiger partial charge is 0.261 e. The SMILES string of the molecule is Cc1ccc(OCC(=O)N(Cc2nc3ccccc3c(=O)[nH]2)C[C@@H]2CCCO2)cc1C. The summed E-state index contributed by atoms with van der Waals surface area (Å²) in [6.45, 7) is 5.28. The fraction of sp³-hybridized carbons (Fsp3) is 0.375. The van der Waals surface area contributed by atoms with Gasteiger partial charge < -0.3 is 19.4 Å². The summed E-state index contributed by atoms with van der Waals surface area (Å²) in [7, 11) is 0. The number of hydrogen-bond acceptors (Lipinski definition) is 5. The minimum absolute atomic E-state index is 0.0160. The molecule has 7 heteroatoms. The quantitative estimate of drug-likeness (QED) is 0.634. The third-order valence-corrected chi connectivity index (χ3v) is 5.64. The fourth-order valence-corrected chi connectivity index (χ4v) is 3.72. The molecule has 7 nitrogen and oxygen atoms in total. The van der Waals surface area contributed by atoms with E-state index in [2.05, 4.69) is 9.97 Å². The molecular weight excluding hydrogens is 394 g/mol. The van der Waals surface area contributed by atoms with Gasteiger partial charge >= 0.3 is 0 Å². The van der Waals surface area contributed by atoms with E-state index in [-0.39, 0.29) is 30.7 Å². The minimum Gasteiger partial charge on any atom is -0.484 e. The second-order valence-electron chi connectivity index (χ2n) is 7.97. The lowest BCUT2D eigenvalue weighted by atomic mass is 10.1. The number of rotatable bonds is 7. The summed E-state index contributed by atoms with van der Waals surface area (Å²) in [4.78, 5) is 34.5.